The number of para-hydroxylation sites is 1. The molecule has 158 valence electrons. The molecule has 0 aliphatic carbocycles. The summed E-state index contributed by atoms with van der Waals surface area (Å²) in [5, 5.41) is 5.86. The summed E-state index contributed by atoms with van der Waals surface area (Å²) in [5.41, 5.74) is 2.13. The maximum Gasteiger partial charge on any atom is 0.203 e. The molecule has 1 aromatic heterocycles. The first-order chi connectivity index (χ1) is 14.5. The summed E-state index contributed by atoms with van der Waals surface area (Å²) in [6.45, 7) is 5.15. The fourth-order valence-corrected chi connectivity index (χ4v) is 4.48. The van der Waals surface area contributed by atoms with E-state index in [1.165, 1.54) is 19.3 Å². The molecule has 0 saturated carbocycles. The molecule has 0 amide bonds. The Labute approximate surface area is 191 Å². The third-order valence-electron chi connectivity index (χ3n) is 5.30. The van der Waals surface area contributed by atoms with E-state index < -0.39 is 0 Å². The number of aryl methyl sites for hydroxylation is 1. The molecular weight excluding hydrogens is 439 g/mol. The van der Waals surface area contributed by atoms with E-state index in [-0.39, 0.29) is 6.61 Å². The Morgan fingerprint density at radius 2 is 1.83 bits per heavy atom. The van der Waals surface area contributed by atoms with Crippen LogP contribution in [0.25, 0.3) is 5.69 Å². The van der Waals surface area contributed by atoms with Crippen LogP contribution in [0.3, 0.4) is 0 Å². The zero-order chi connectivity index (χ0) is 21.1. The first kappa shape index (κ1) is 21.4. The van der Waals surface area contributed by atoms with E-state index in [0.717, 1.165) is 30.2 Å². The molecular formula is C22H24Cl2N4OS. The van der Waals surface area contributed by atoms with Gasteiger partial charge in [0.2, 0.25) is 4.77 Å². The van der Waals surface area contributed by atoms with E-state index >= 15 is 0 Å². The van der Waals surface area contributed by atoms with Crippen LogP contribution in [0.5, 0.6) is 5.75 Å². The Morgan fingerprint density at radius 3 is 2.57 bits per heavy atom. The molecule has 30 heavy (non-hydrogen) atoms. The average Bonchev–Trinajstić information content (AvgIpc) is 3.03. The number of hydrogen-bond acceptors (Lipinski definition) is 4. The lowest BCUT2D eigenvalue weighted by Gasteiger charge is -2.25. The van der Waals surface area contributed by atoms with Crippen molar-refractivity contribution in [3.05, 3.63) is 68.7 Å². The van der Waals surface area contributed by atoms with Crippen LogP contribution in [0.4, 0.5) is 0 Å². The van der Waals surface area contributed by atoms with Crippen LogP contribution in [-0.2, 0) is 13.3 Å². The molecule has 0 N–H and O–H groups in total. The number of hydrogen-bond donors (Lipinski definition) is 0. The minimum Gasteiger partial charge on any atom is -0.484 e. The summed E-state index contributed by atoms with van der Waals surface area (Å²) in [6.07, 6.45) is 3.73. The van der Waals surface area contributed by atoms with Crippen LogP contribution in [0, 0.1) is 11.7 Å². The average molecular weight is 463 g/mol. The molecule has 3 aromatic rings. The third-order valence-corrected chi connectivity index (χ3v) is 6.22. The van der Waals surface area contributed by atoms with Gasteiger partial charge in [0.05, 0.1) is 17.4 Å². The van der Waals surface area contributed by atoms with Crippen LogP contribution < -0.4 is 4.74 Å². The van der Waals surface area contributed by atoms with Gasteiger partial charge in [-0.3, -0.25) is 9.47 Å². The number of nitrogens with zero attached hydrogens (tertiary/aromatic N) is 4. The first-order valence-electron chi connectivity index (χ1n) is 10.1. The molecule has 4 rings (SSSR count). The summed E-state index contributed by atoms with van der Waals surface area (Å²) in [6, 6.07) is 13.3. The van der Waals surface area contributed by atoms with Gasteiger partial charge in [0.25, 0.3) is 0 Å². The monoisotopic (exact) mass is 462 g/mol. The molecule has 2 aromatic carbocycles. The highest BCUT2D eigenvalue weighted by Gasteiger charge is 2.18. The number of halogens is 2. The molecule has 0 radical (unpaired) electrons. The quantitative estimate of drug-likeness (QED) is 0.418. The van der Waals surface area contributed by atoms with Gasteiger partial charge in [0.15, 0.2) is 5.82 Å². The predicted molar refractivity (Wildman–Crippen MR) is 123 cm³/mol. The number of aromatic nitrogens is 3. The lowest BCUT2D eigenvalue weighted by molar-refractivity contribution is 0.171. The smallest absolute Gasteiger partial charge is 0.203 e. The molecule has 0 atom stereocenters. The molecule has 1 aliphatic heterocycles. The Kier molecular flexibility index (Phi) is 6.78. The van der Waals surface area contributed by atoms with E-state index in [1.807, 2.05) is 21.4 Å². The standard InChI is InChI=1S/C22H24Cl2N4OS/c1-16-7-3-4-8-19(16)28-21(14-29-20-10-9-17(23)13-18(20)24)25-27(22(28)30)15-26-11-5-2-6-12-26/h3-4,7-10,13H,2,5-6,11-12,14-15H2,1H3. The fourth-order valence-electron chi connectivity index (χ4n) is 3.72. The second-order valence-electron chi connectivity index (χ2n) is 7.50. The third kappa shape index (κ3) is 4.72. The van der Waals surface area contributed by atoms with Gasteiger partial charge in [-0.15, -0.1) is 0 Å². The van der Waals surface area contributed by atoms with Gasteiger partial charge in [0.1, 0.15) is 12.4 Å². The number of likely N-dealkylation sites (tertiary alicyclic amines) is 1. The van der Waals surface area contributed by atoms with Crippen molar-refractivity contribution in [1.29, 1.82) is 0 Å². The molecule has 1 aliphatic rings. The van der Waals surface area contributed by atoms with Crippen LogP contribution in [0.15, 0.2) is 42.5 Å². The highest BCUT2D eigenvalue weighted by Crippen LogP contribution is 2.28. The SMILES string of the molecule is Cc1ccccc1-n1c(COc2ccc(Cl)cc2Cl)nn(CN2CCCCC2)c1=S. The molecule has 0 bridgehead atoms. The van der Waals surface area contributed by atoms with E-state index in [9.17, 15) is 0 Å². The van der Waals surface area contributed by atoms with E-state index in [0.29, 0.717) is 27.2 Å². The lowest BCUT2D eigenvalue weighted by atomic mass is 10.1. The van der Waals surface area contributed by atoms with Crippen molar-refractivity contribution < 1.29 is 4.74 Å². The Morgan fingerprint density at radius 1 is 1.07 bits per heavy atom. The molecule has 2 heterocycles. The molecule has 8 heteroatoms. The highest BCUT2D eigenvalue weighted by molar-refractivity contribution is 7.71. The minimum atomic E-state index is 0.242. The number of ether oxygens (including phenoxy) is 1. The highest BCUT2D eigenvalue weighted by atomic mass is 35.5. The zero-order valence-electron chi connectivity index (χ0n) is 16.9. The van der Waals surface area contributed by atoms with Gasteiger partial charge in [-0.2, -0.15) is 5.10 Å². The summed E-state index contributed by atoms with van der Waals surface area (Å²) in [7, 11) is 0. The molecule has 0 unspecified atom stereocenters. The number of benzene rings is 2. The van der Waals surface area contributed by atoms with Crippen LogP contribution >= 0.6 is 35.4 Å². The summed E-state index contributed by atoms with van der Waals surface area (Å²) in [5.74, 6) is 1.30. The van der Waals surface area contributed by atoms with Crippen molar-refractivity contribution in [3.8, 4) is 11.4 Å². The van der Waals surface area contributed by atoms with Crippen LogP contribution in [0.1, 0.15) is 30.7 Å². The van der Waals surface area contributed by atoms with Gasteiger partial charge >= 0.3 is 0 Å². The molecule has 0 spiro atoms. The van der Waals surface area contributed by atoms with Crippen molar-refractivity contribution in [2.75, 3.05) is 13.1 Å². The van der Waals surface area contributed by atoms with Gasteiger partial charge in [-0.1, -0.05) is 47.8 Å². The second-order valence-corrected chi connectivity index (χ2v) is 8.71. The van der Waals surface area contributed by atoms with Crippen molar-refractivity contribution >= 4 is 35.4 Å². The van der Waals surface area contributed by atoms with Gasteiger partial charge in [0, 0.05) is 5.02 Å². The van der Waals surface area contributed by atoms with E-state index in [4.69, 9.17) is 45.3 Å². The first-order valence-corrected chi connectivity index (χ1v) is 11.2. The lowest BCUT2D eigenvalue weighted by Crippen LogP contribution is -2.32. The van der Waals surface area contributed by atoms with E-state index in [2.05, 4.69) is 24.0 Å². The molecule has 5 nitrogen and oxygen atoms in total. The van der Waals surface area contributed by atoms with Crippen molar-refractivity contribution in [3.63, 3.8) is 0 Å². The molecule has 1 fully saturated rings. The van der Waals surface area contributed by atoms with Gasteiger partial charge < -0.3 is 4.74 Å². The van der Waals surface area contributed by atoms with Gasteiger partial charge in [-0.25, -0.2) is 4.68 Å². The van der Waals surface area contributed by atoms with Gasteiger partial charge in [-0.05, 0) is 74.9 Å². The number of rotatable bonds is 6. The topological polar surface area (TPSA) is 35.2 Å². The van der Waals surface area contributed by atoms with Crippen LogP contribution in [0.2, 0.25) is 10.0 Å². The minimum absolute atomic E-state index is 0.242. The Balaban J connectivity index is 1.67. The summed E-state index contributed by atoms with van der Waals surface area (Å²) in [4.78, 5) is 2.40. The van der Waals surface area contributed by atoms with E-state index in [1.54, 1.807) is 18.2 Å². The second kappa shape index (κ2) is 9.52. The number of piperidine rings is 1. The van der Waals surface area contributed by atoms with Crippen molar-refractivity contribution in [2.45, 2.75) is 39.5 Å². The van der Waals surface area contributed by atoms with Crippen molar-refractivity contribution in [1.82, 2.24) is 19.2 Å². The maximum absolute atomic E-state index is 6.27. The predicted octanol–water partition coefficient (Wildman–Crippen LogP) is 6.04. The Bertz CT molecular complexity index is 1090. The fraction of sp³-hybridized carbons (Fsp3) is 0.364. The zero-order valence-corrected chi connectivity index (χ0v) is 19.2. The normalized spacial score (nSPS) is 14.8. The molecule has 1 saturated heterocycles. The van der Waals surface area contributed by atoms with Crippen LogP contribution in [-0.4, -0.2) is 32.3 Å². The Hall–Kier alpha value is -1.86. The largest absolute Gasteiger partial charge is 0.484 e. The summed E-state index contributed by atoms with van der Waals surface area (Å²) < 4.78 is 10.6. The summed E-state index contributed by atoms with van der Waals surface area (Å²) >= 11 is 18.1. The van der Waals surface area contributed by atoms with Crippen molar-refractivity contribution in [2.24, 2.45) is 0 Å². The maximum atomic E-state index is 6.27.